The van der Waals surface area contributed by atoms with Gasteiger partial charge in [-0.15, -0.1) is 0 Å². The molecule has 2 unspecified atom stereocenters. The van der Waals surface area contributed by atoms with Crippen molar-refractivity contribution in [3.8, 4) is 17.2 Å². The Bertz CT molecular complexity index is 1460. The van der Waals surface area contributed by atoms with E-state index in [1.807, 2.05) is 42.7 Å². The molecule has 3 aromatic carbocycles. The fourth-order valence-electron chi connectivity index (χ4n) is 6.11. The first-order chi connectivity index (χ1) is 21.0. The first-order valence-corrected chi connectivity index (χ1v) is 14.9. The Morgan fingerprint density at radius 3 is 1.91 bits per heavy atom. The van der Waals surface area contributed by atoms with Gasteiger partial charge < -0.3 is 29.1 Å². The monoisotopic (exact) mass is 581 g/mol. The minimum atomic E-state index is 0.160. The summed E-state index contributed by atoms with van der Waals surface area (Å²) in [6.07, 6.45) is 4.45. The SMILES string of the molecule is COc1ccc(C2CN(C)Cc3cc(OCCCO)ccc32)cc1.COc1ccc2c(c1)CN(C)CC2c1cccnc1. The van der Waals surface area contributed by atoms with E-state index in [4.69, 9.17) is 19.3 Å². The molecule has 0 amide bonds. The van der Waals surface area contributed by atoms with Gasteiger partial charge in [0.1, 0.15) is 17.2 Å². The van der Waals surface area contributed by atoms with Crippen molar-refractivity contribution in [2.24, 2.45) is 0 Å². The van der Waals surface area contributed by atoms with Gasteiger partial charge in [0.15, 0.2) is 0 Å². The number of likely N-dealkylation sites (N-methyl/N-ethyl adjacent to an activating group) is 2. The van der Waals surface area contributed by atoms with Gasteiger partial charge in [-0.1, -0.05) is 30.3 Å². The lowest BCUT2D eigenvalue weighted by Crippen LogP contribution is -2.31. The van der Waals surface area contributed by atoms with Crippen molar-refractivity contribution in [1.29, 1.82) is 0 Å². The third kappa shape index (κ3) is 7.54. The molecule has 226 valence electrons. The van der Waals surface area contributed by atoms with Crippen LogP contribution in [-0.4, -0.2) is 74.5 Å². The van der Waals surface area contributed by atoms with Crippen molar-refractivity contribution in [3.63, 3.8) is 0 Å². The summed E-state index contributed by atoms with van der Waals surface area (Å²) in [4.78, 5) is 8.94. The molecular formula is C36H43N3O4. The number of nitrogens with zero attached hydrogens (tertiary/aromatic N) is 3. The predicted molar refractivity (Wildman–Crippen MR) is 170 cm³/mol. The number of aliphatic hydroxyl groups is 1. The van der Waals surface area contributed by atoms with E-state index in [1.54, 1.807) is 14.2 Å². The summed E-state index contributed by atoms with van der Waals surface area (Å²) in [6, 6.07) is 25.3. The Kier molecular flexibility index (Phi) is 10.3. The van der Waals surface area contributed by atoms with Gasteiger partial charge >= 0.3 is 0 Å². The van der Waals surface area contributed by atoms with Gasteiger partial charge in [-0.2, -0.15) is 0 Å². The van der Waals surface area contributed by atoms with Crippen molar-refractivity contribution in [2.75, 3.05) is 54.6 Å². The number of rotatable bonds is 8. The molecule has 0 saturated carbocycles. The molecule has 43 heavy (non-hydrogen) atoms. The maximum atomic E-state index is 8.87. The quantitative estimate of drug-likeness (QED) is 0.268. The van der Waals surface area contributed by atoms with Crippen LogP contribution in [0.15, 0.2) is 85.2 Å². The average Bonchev–Trinajstić information content (AvgIpc) is 3.04. The summed E-state index contributed by atoms with van der Waals surface area (Å²) in [5, 5.41) is 8.87. The molecule has 1 N–H and O–H groups in total. The van der Waals surface area contributed by atoms with E-state index in [0.29, 0.717) is 24.9 Å². The third-order valence-corrected chi connectivity index (χ3v) is 8.26. The van der Waals surface area contributed by atoms with Gasteiger partial charge in [-0.3, -0.25) is 4.98 Å². The van der Waals surface area contributed by atoms with Crippen LogP contribution >= 0.6 is 0 Å². The number of aliphatic hydroxyl groups excluding tert-OH is 1. The zero-order chi connectivity index (χ0) is 30.2. The molecule has 7 nitrogen and oxygen atoms in total. The fourth-order valence-corrected chi connectivity index (χ4v) is 6.11. The molecule has 6 rings (SSSR count). The largest absolute Gasteiger partial charge is 0.497 e. The second-order valence-corrected chi connectivity index (χ2v) is 11.4. The van der Waals surface area contributed by atoms with Crippen LogP contribution in [0.4, 0.5) is 0 Å². The number of hydrogen-bond donors (Lipinski definition) is 1. The summed E-state index contributed by atoms with van der Waals surface area (Å²) in [7, 11) is 7.72. The van der Waals surface area contributed by atoms with E-state index in [2.05, 4.69) is 71.3 Å². The Balaban J connectivity index is 0.000000176. The van der Waals surface area contributed by atoms with Crippen molar-refractivity contribution >= 4 is 0 Å². The van der Waals surface area contributed by atoms with E-state index in [0.717, 1.165) is 43.4 Å². The topological polar surface area (TPSA) is 67.3 Å². The minimum Gasteiger partial charge on any atom is -0.497 e. The number of pyridine rings is 1. The molecule has 0 saturated heterocycles. The highest BCUT2D eigenvalue weighted by molar-refractivity contribution is 5.45. The number of fused-ring (bicyclic) bond motifs is 2. The standard InChI is InChI=1S/C20H25NO3.C16H18N2O/c1-21-13-16-12-18(24-11-3-10-22)8-9-19(16)20(14-21)15-4-6-17(23-2)7-5-15;1-18-10-13-8-14(19-2)5-6-15(13)16(11-18)12-4-3-7-17-9-12/h4-9,12,20,22H,3,10-11,13-14H2,1-2H3;3-9,16H,10-11H2,1-2H3. The lowest BCUT2D eigenvalue weighted by Gasteiger charge is -2.33. The Labute approximate surface area is 255 Å². The molecule has 0 bridgehead atoms. The second-order valence-electron chi connectivity index (χ2n) is 11.4. The maximum absolute atomic E-state index is 8.87. The summed E-state index contributed by atoms with van der Waals surface area (Å²) >= 11 is 0. The summed E-state index contributed by atoms with van der Waals surface area (Å²) in [6.45, 7) is 4.65. The predicted octanol–water partition coefficient (Wildman–Crippen LogP) is 5.70. The molecule has 2 aliphatic rings. The van der Waals surface area contributed by atoms with E-state index >= 15 is 0 Å². The van der Waals surface area contributed by atoms with E-state index < -0.39 is 0 Å². The van der Waals surface area contributed by atoms with Crippen LogP contribution in [0.5, 0.6) is 17.2 Å². The smallest absolute Gasteiger partial charge is 0.119 e. The van der Waals surface area contributed by atoms with Gasteiger partial charge in [0.05, 0.1) is 20.8 Å². The zero-order valence-electron chi connectivity index (χ0n) is 25.7. The van der Waals surface area contributed by atoms with Gasteiger partial charge in [0.2, 0.25) is 0 Å². The molecule has 4 aromatic rings. The summed E-state index contributed by atoms with van der Waals surface area (Å²) in [5.74, 6) is 3.45. The number of benzene rings is 3. The molecule has 7 heteroatoms. The van der Waals surface area contributed by atoms with Crippen molar-refractivity contribution in [2.45, 2.75) is 31.3 Å². The molecule has 0 aliphatic carbocycles. The summed E-state index contributed by atoms with van der Waals surface area (Å²) in [5.41, 5.74) is 8.01. The third-order valence-electron chi connectivity index (χ3n) is 8.26. The highest BCUT2D eigenvalue weighted by Gasteiger charge is 2.26. The number of hydrogen-bond acceptors (Lipinski definition) is 7. The lowest BCUT2D eigenvalue weighted by molar-refractivity contribution is 0.233. The minimum absolute atomic E-state index is 0.160. The Morgan fingerprint density at radius 2 is 1.33 bits per heavy atom. The Hall–Kier alpha value is -3.91. The van der Waals surface area contributed by atoms with Gasteiger partial charge in [0, 0.05) is 63.4 Å². The first-order valence-electron chi connectivity index (χ1n) is 14.9. The van der Waals surface area contributed by atoms with E-state index in [-0.39, 0.29) is 6.61 Å². The average molecular weight is 582 g/mol. The lowest BCUT2D eigenvalue weighted by atomic mass is 9.84. The van der Waals surface area contributed by atoms with Gasteiger partial charge in [0.25, 0.3) is 0 Å². The number of aromatic nitrogens is 1. The zero-order valence-corrected chi connectivity index (χ0v) is 25.7. The van der Waals surface area contributed by atoms with E-state index in [1.165, 1.54) is 33.4 Å². The first kappa shape index (κ1) is 30.5. The normalized spacial score (nSPS) is 18.1. The Morgan fingerprint density at radius 1 is 0.744 bits per heavy atom. The molecule has 2 aliphatic heterocycles. The van der Waals surface area contributed by atoms with Crippen LogP contribution in [0.3, 0.4) is 0 Å². The van der Waals surface area contributed by atoms with Crippen LogP contribution in [0.25, 0.3) is 0 Å². The maximum Gasteiger partial charge on any atom is 0.119 e. The summed E-state index contributed by atoms with van der Waals surface area (Å²) < 4.78 is 16.3. The molecule has 3 heterocycles. The van der Waals surface area contributed by atoms with Crippen LogP contribution in [-0.2, 0) is 13.1 Å². The van der Waals surface area contributed by atoms with Crippen LogP contribution in [0.1, 0.15) is 51.6 Å². The highest BCUT2D eigenvalue weighted by Crippen LogP contribution is 2.36. The second kappa shape index (κ2) is 14.5. The molecule has 0 fully saturated rings. The van der Waals surface area contributed by atoms with Crippen molar-refractivity contribution in [1.82, 2.24) is 14.8 Å². The van der Waals surface area contributed by atoms with Gasteiger partial charge in [-0.25, -0.2) is 0 Å². The molecular weight excluding hydrogens is 538 g/mol. The molecule has 2 atom stereocenters. The number of ether oxygens (including phenoxy) is 3. The fraction of sp³-hybridized carbons (Fsp3) is 0.361. The highest BCUT2D eigenvalue weighted by atomic mass is 16.5. The van der Waals surface area contributed by atoms with Crippen molar-refractivity contribution in [3.05, 3.63) is 119 Å². The molecule has 1 aromatic heterocycles. The van der Waals surface area contributed by atoms with Crippen molar-refractivity contribution < 1.29 is 19.3 Å². The van der Waals surface area contributed by atoms with Crippen LogP contribution < -0.4 is 14.2 Å². The molecule has 0 spiro atoms. The van der Waals surface area contributed by atoms with Crippen LogP contribution in [0, 0.1) is 0 Å². The molecule has 0 radical (unpaired) electrons. The van der Waals surface area contributed by atoms with Gasteiger partial charge in [-0.05, 0) is 89.9 Å². The number of methoxy groups -OCH3 is 2. The van der Waals surface area contributed by atoms with Crippen LogP contribution in [0.2, 0.25) is 0 Å². The van der Waals surface area contributed by atoms with E-state index in [9.17, 15) is 0 Å².